The van der Waals surface area contributed by atoms with E-state index < -0.39 is 6.43 Å². The molecule has 1 aromatic heterocycles. The van der Waals surface area contributed by atoms with Crippen LogP contribution in [0.2, 0.25) is 0 Å². The Labute approximate surface area is 159 Å². The quantitative estimate of drug-likeness (QED) is 0.851. The van der Waals surface area contributed by atoms with Crippen molar-refractivity contribution in [3.05, 3.63) is 17.8 Å². The number of hydrogen-bond donors (Lipinski definition) is 1. The maximum Gasteiger partial charge on any atom is 0.321 e. The number of halogens is 2. The van der Waals surface area contributed by atoms with Crippen molar-refractivity contribution in [3.8, 4) is 0 Å². The van der Waals surface area contributed by atoms with Gasteiger partial charge in [0.1, 0.15) is 5.82 Å². The van der Waals surface area contributed by atoms with Crippen molar-refractivity contribution < 1.29 is 13.6 Å². The van der Waals surface area contributed by atoms with Crippen molar-refractivity contribution in [3.63, 3.8) is 0 Å². The summed E-state index contributed by atoms with van der Waals surface area (Å²) < 4.78 is 25.4. The first kappa shape index (κ1) is 19.8. The fraction of sp³-hybridized carbons (Fsp3) is 0.684. The monoisotopic (exact) mass is 381 g/mol. The van der Waals surface area contributed by atoms with E-state index in [4.69, 9.17) is 0 Å². The minimum absolute atomic E-state index is 0.0322. The summed E-state index contributed by atoms with van der Waals surface area (Å²) in [5.74, 6) is 0.953. The predicted octanol–water partition coefficient (Wildman–Crippen LogP) is 3.18. The molecule has 0 aromatic carbocycles. The molecule has 2 fully saturated rings. The van der Waals surface area contributed by atoms with E-state index in [-0.39, 0.29) is 18.6 Å². The number of nitrogens with zero attached hydrogens (tertiary/aromatic N) is 4. The van der Waals surface area contributed by atoms with Gasteiger partial charge >= 0.3 is 6.03 Å². The van der Waals surface area contributed by atoms with Gasteiger partial charge in [0.15, 0.2) is 0 Å². The van der Waals surface area contributed by atoms with E-state index >= 15 is 0 Å². The molecular weight excluding hydrogens is 352 g/mol. The first-order valence-electron chi connectivity index (χ1n) is 9.78. The molecule has 2 aliphatic rings. The topological polar surface area (TPSA) is 51.7 Å². The Hall–Kier alpha value is -1.96. The summed E-state index contributed by atoms with van der Waals surface area (Å²) in [4.78, 5) is 23.0. The highest BCUT2D eigenvalue weighted by Gasteiger charge is 2.30. The summed E-state index contributed by atoms with van der Waals surface area (Å²) in [7, 11) is 0. The molecule has 6 nitrogen and oxygen atoms in total. The lowest BCUT2D eigenvalue weighted by molar-refractivity contribution is 0.0306. The Bertz CT molecular complexity index is 651. The fourth-order valence-electron chi connectivity index (χ4n) is 3.88. The second-order valence-electron chi connectivity index (χ2n) is 7.32. The SMILES string of the molecule is CCC1CN(C(=O)Nc2ccc(N3CCCC3)nc2C)CCN1CC(F)F. The number of alkyl halides is 2. The number of carbonyl (C=O) groups excluding carboxylic acids is 1. The van der Waals surface area contributed by atoms with Crippen LogP contribution in [0.25, 0.3) is 0 Å². The molecule has 3 heterocycles. The lowest BCUT2D eigenvalue weighted by Gasteiger charge is -2.40. The number of aryl methyl sites for hydroxylation is 1. The number of piperazine rings is 1. The normalized spacial score (nSPS) is 21.1. The zero-order valence-electron chi connectivity index (χ0n) is 16.1. The summed E-state index contributed by atoms with van der Waals surface area (Å²) in [5.41, 5.74) is 1.49. The number of hydrogen-bond acceptors (Lipinski definition) is 4. The predicted molar refractivity (Wildman–Crippen MR) is 103 cm³/mol. The van der Waals surface area contributed by atoms with Gasteiger partial charge in [-0.2, -0.15) is 0 Å². The van der Waals surface area contributed by atoms with Crippen LogP contribution in [-0.4, -0.2) is 72.6 Å². The molecule has 0 saturated carbocycles. The van der Waals surface area contributed by atoms with Crippen LogP contribution in [0.15, 0.2) is 12.1 Å². The fourth-order valence-corrected chi connectivity index (χ4v) is 3.88. The molecule has 1 atom stereocenters. The van der Waals surface area contributed by atoms with Crippen LogP contribution in [0.1, 0.15) is 31.9 Å². The molecule has 8 heteroatoms. The largest absolute Gasteiger partial charge is 0.357 e. The summed E-state index contributed by atoms with van der Waals surface area (Å²) in [6.07, 6.45) is 0.772. The molecule has 2 aliphatic heterocycles. The number of anilines is 2. The number of carbonyl (C=O) groups is 1. The third-order valence-corrected chi connectivity index (χ3v) is 5.48. The molecule has 2 saturated heterocycles. The molecule has 1 unspecified atom stereocenters. The van der Waals surface area contributed by atoms with Crippen LogP contribution in [0.4, 0.5) is 25.1 Å². The minimum atomic E-state index is -2.35. The van der Waals surface area contributed by atoms with Gasteiger partial charge in [-0.15, -0.1) is 0 Å². The molecule has 0 spiro atoms. The van der Waals surface area contributed by atoms with E-state index in [9.17, 15) is 13.6 Å². The average Bonchev–Trinajstić information content (AvgIpc) is 3.18. The van der Waals surface area contributed by atoms with Gasteiger partial charge in [0, 0.05) is 38.8 Å². The van der Waals surface area contributed by atoms with Crippen LogP contribution in [0, 0.1) is 6.92 Å². The Morgan fingerprint density at radius 2 is 2.00 bits per heavy atom. The lowest BCUT2D eigenvalue weighted by atomic mass is 10.1. The van der Waals surface area contributed by atoms with Gasteiger partial charge in [0.2, 0.25) is 0 Å². The molecule has 1 N–H and O–H groups in total. The lowest BCUT2D eigenvalue weighted by Crippen LogP contribution is -2.56. The van der Waals surface area contributed by atoms with Gasteiger partial charge in [0.25, 0.3) is 6.43 Å². The van der Waals surface area contributed by atoms with E-state index in [0.29, 0.717) is 25.3 Å². The average molecular weight is 381 g/mol. The second-order valence-corrected chi connectivity index (χ2v) is 7.32. The molecular formula is C19H29F2N5O. The van der Waals surface area contributed by atoms with Crippen molar-refractivity contribution in [2.75, 3.05) is 49.5 Å². The molecule has 3 rings (SSSR count). The number of nitrogens with one attached hydrogen (secondary N) is 1. The molecule has 27 heavy (non-hydrogen) atoms. The van der Waals surface area contributed by atoms with E-state index in [1.54, 1.807) is 9.80 Å². The van der Waals surface area contributed by atoms with Crippen LogP contribution in [-0.2, 0) is 0 Å². The van der Waals surface area contributed by atoms with Gasteiger partial charge in [-0.1, -0.05) is 6.92 Å². The highest BCUT2D eigenvalue weighted by atomic mass is 19.3. The van der Waals surface area contributed by atoms with Gasteiger partial charge in [0.05, 0.1) is 17.9 Å². The number of pyridine rings is 1. The zero-order chi connectivity index (χ0) is 19.4. The van der Waals surface area contributed by atoms with E-state index in [0.717, 1.165) is 31.0 Å². The van der Waals surface area contributed by atoms with E-state index in [2.05, 4.69) is 15.2 Å². The van der Waals surface area contributed by atoms with Crippen molar-refractivity contribution in [2.45, 2.75) is 45.6 Å². The van der Waals surface area contributed by atoms with E-state index in [1.165, 1.54) is 12.8 Å². The van der Waals surface area contributed by atoms with Crippen molar-refractivity contribution >= 4 is 17.5 Å². The second kappa shape index (κ2) is 8.82. The van der Waals surface area contributed by atoms with Crippen molar-refractivity contribution in [1.29, 1.82) is 0 Å². The number of urea groups is 1. The van der Waals surface area contributed by atoms with E-state index in [1.807, 2.05) is 26.0 Å². The maximum atomic E-state index is 12.7. The van der Waals surface area contributed by atoms with Crippen molar-refractivity contribution in [2.24, 2.45) is 0 Å². The van der Waals surface area contributed by atoms with Crippen LogP contribution in [0.3, 0.4) is 0 Å². The smallest absolute Gasteiger partial charge is 0.321 e. The maximum absolute atomic E-state index is 12.7. The molecule has 1 aromatic rings. The Kier molecular flexibility index (Phi) is 6.46. The van der Waals surface area contributed by atoms with Gasteiger partial charge < -0.3 is 15.1 Å². The Morgan fingerprint density at radius 3 is 2.63 bits per heavy atom. The third kappa shape index (κ3) is 4.86. The minimum Gasteiger partial charge on any atom is -0.357 e. The van der Waals surface area contributed by atoms with Crippen LogP contribution in [0.5, 0.6) is 0 Å². The summed E-state index contributed by atoms with van der Waals surface area (Å²) >= 11 is 0. The van der Waals surface area contributed by atoms with Gasteiger partial charge in [-0.3, -0.25) is 4.90 Å². The summed E-state index contributed by atoms with van der Waals surface area (Å²) in [6, 6.07) is 3.63. The van der Waals surface area contributed by atoms with Crippen molar-refractivity contribution in [1.82, 2.24) is 14.8 Å². The number of amides is 2. The summed E-state index contributed by atoms with van der Waals surface area (Å²) in [5, 5.41) is 2.94. The standard InChI is InChI=1S/C19H29F2N5O/c1-3-15-12-26(11-10-25(15)13-17(20)21)19(27)23-16-6-7-18(22-14(16)2)24-8-4-5-9-24/h6-7,15,17H,3-5,8-13H2,1-2H3,(H,23,27). The Balaban J connectivity index is 1.60. The van der Waals surface area contributed by atoms with Crippen LogP contribution >= 0.6 is 0 Å². The molecule has 0 radical (unpaired) electrons. The summed E-state index contributed by atoms with van der Waals surface area (Å²) in [6.45, 7) is 7.08. The van der Waals surface area contributed by atoms with Crippen LogP contribution < -0.4 is 10.2 Å². The van der Waals surface area contributed by atoms with Gasteiger partial charge in [-0.05, 0) is 38.3 Å². The first-order chi connectivity index (χ1) is 13.0. The number of aromatic nitrogens is 1. The highest BCUT2D eigenvalue weighted by molar-refractivity contribution is 5.90. The molecule has 0 aliphatic carbocycles. The van der Waals surface area contributed by atoms with Gasteiger partial charge in [-0.25, -0.2) is 18.6 Å². The molecule has 2 amide bonds. The third-order valence-electron chi connectivity index (χ3n) is 5.48. The Morgan fingerprint density at radius 1 is 1.26 bits per heavy atom. The first-order valence-corrected chi connectivity index (χ1v) is 9.78. The molecule has 150 valence electrons. The number of rotatable bonds is 5. The zero-order valence-corrected chi connectivity index (χ0v) is 16.1. The highest BCUT2D eigenvalue weighted by Crippen LogP contribution is 2.23. The molecule has 0 bridgehead atoms.